The summed E-state index contributed by atoms with van der Waals surface area (Å²) in [6, 6.07) is -0.551. The van der Waals surface area contributed by atoms with E-state index in [0.717, 1.165) is 70.6 Å². The molecule has 0 heterocycles. The Hall–Kier alpha value is -1.92. The van der Waals surface area contributed by atoms with Gasteiger partial charge in [-0.05, 0) is 77.0 Å². The highest BCUT2D eigenvalue weighted by Crippen LogP contribution is 2.16. The minimum absolute atomic E-state index is 0.0128. The third-order valence-electron chi connectivity index (χ3n) is 12.4. The van der Waals surface area contributed by atoms with Crippen LogP contribution in [0, 0.1) is 0 Å². The lowest BCUT2D eigenvalue weighted by Gasteiger charge is -2.22. The van der Waals surface area contributed by atoms with Crippen LogP contribution in [0.1, 0.15) is 284 Å². The third-order valence-corrected chi connectivity index (χ3v) is 12.4. The van der Waals surface area contributed by atoms with Crippen LogP contribution in [0.2, 0.25) is 0 Å². The molecule has 3 N–H and O–H groups in total. The van der Waals surface area contributed by atoms with E-state index in [1.807, 2.05) is 0 Å². The van der Waals surface area contributed by atoms with E-state index < -0.39 is 12.1 Å². The molecular weight excluding hydrogens is 767 g/mol. The molecule has 0 spiro atoms. The van der Waals surface area contributed by atoms with Gasteiger partial charge in [0.05, 0.1) is 25.4 Å². The molecule has 0 saturated carbocycles. The highest BCUT2D eigenvalue weighted by atomic mass is 16.5. The van der Waals surface area contributed by atoms with Gasteiger partial charge in [0, 0.05) is 12.8 Å². The number of carbonyl (C=O) groups excluding carboxylic acids is 2. The van der Waals surface area contributed by atoms with E-state index in [0.29, 0.717) is 25.9 Å². The normalized spacial score (nSPS) is 12.9. The van der Waals surface area contributed by atoms with Gasteiger partial charge in [-0.3, -0.25) is 9.59 Å². The maximum absolute atomic E-state index is 12.4. The number of allylic oxidation sites excluding steroid dienone is 6. The molecule has 1 amide bonds. The number of unbranched alkanes of at least 4 members (excludes halogenated alkanes) is 33. The van der Waals surface area contributed by atoms with Crippen molar-refractivity contribution in [1.82, 2.24) is 5.32 Å². The molecule has 0 bridgehead atoms. The number of hydrogen-bond donors (Lipinski definition) is 3. The third kappa shape index (κ3) is 47.6. The van der Waals surface area contributed by atoms with Crippen molar-refractivity contribution in [1.29, 1.82) is 0 Å². The van der Waals surface area contributed by atoms with Crippen molar-refractivity contribution >= 4 is 11.9 Å². The first kappa shape index (κ1) is 60.1. The van der Waals surface area contributed by atoms with Gasteiger partial charge >= 0.3 is 5.97 Å². The monoisotopic (exact) mass is 872 g/mol. The van der Waals surface area contributed by atoms with Gasteiger partial charge in [-0.2, -0.15) is 0 Å². The van der Waals surface area contributed by atoms with Gasteiger partial charge in [0.2, 0.25) is 5.91 Å². The highest BCUT2D eigenvalue weighted by Gasteiger charge is 2.20. The van der Waals surface area contributed by atoms with Gasteiger partial charge in [-0.1, -0.05) is 230 Å². The van der Waals surface area contributed by atoms with Crippen LogP contribution in [0.5, 0.6) is 0 Å². The molecule has 0 aromatic heterocycles. The number of ether oxygens (including phenoxy) is 1. The number of aliphatic hydroxyl groups is 2. The van der Waals surface area contributed by atoms with Crippen LogP contribution in [0.15, 0.2) is 36.5 Å². The predicted molar refractivity (Wildman–Crippen MR) is 269 cm³/mol. The van der Waals surface area contributed by atoms with Crippen LogP contribution in [-0.2, 0) is 14.3 Å². The molecule has 0 fully saturated rings. The van der Waals surface area contributed by atoms with E-state index in [1.54, 1.807) is 0 Å². The minimum Gasteiger partial charge on any atom is -0.466 e. The maximum atomic E-state index is 12.4. The Morgan fingerprint density at radius 3 is 1.31 bits per heavy atom. The van der Waals surface area contributed by atoms with Gasteiger partial charge in [0.25, 0.3) is 0 Å². The first-order valence-corrected chi connectivity index (χ1v) is 27.2. The van der Waals surface area contributed by atoms with E-state index >= 15 is 0 Å². The Morgan fingerprint density at radius 2 is 0.839 bits per heavy atom. The average Bonchev–Trinajstić information content (AvgIpc) is 3.27. The standard InChI is InChI=1S/C56H105NO5/c1-3-5-7-9-11-13-15-17-25-28-32-36-40-44-48-54(59)53(52-58)57-55(60)49-45-41-37-33-29-26-22-20-18-19-21-23-27-31-35-39-43-47-51-62-56(61)50-46-42-38-34-30-24-16-14-12-10-8-6-4-2/h8,10,14,16,20,22,53-54,58-59H,3-7,9,11-13,15,17-19,21,23-52H2,1-2H3,(H,57,60)/b10-8-,16-14-,22-20-. The number of esters is 1. The van der Waals surface area contributed by atoms with Crippen LogP contribution in [0.25, 0.3) is 0 Å². The van der Waals surface area contributed by atoms with Crippen molar-refractivity contribution in [2.24, 2.45) is 0 Å². The lowest BCUT2D eigenvalue weighted by Crippen LogP contribution is -2.45. The molecular formula is C56H105NO5. The second kappa shape index (κ2) is 51.7. The molecule has 6 heteroatoms. The molecule has 2 unspecified atom stereocenters. The van der Waals surface area contributed by atoms with E-state index in [9.17, 15) is 19.8 Å². The molecule has 0 aliphatic rings. The second-order valence-electron chi connectivity index (χ2n) is 18.6. The van der Waals surface area contributed by atoms with Crippen molar-refractivity contribution in [3.8, 4) is 0 Å². The summed E-state index contributed by atoms with van der Waals surface area (Å²) in [6.07, 6.45) is 62.6. The van der Waals surface area contributed by atoms with E-state index in [-0.39, 0.29) is 18.5 Å². The van der Waals surface area contributed by atoms with Crippen molar-refractivity contribution < 1.29 is 24.5 Å². The van der Waals surface area contributed by atoms with Crippen molar-refractivity contribution in [3.63, 3.8) is 0 Å². The molecule has 0 aromatic rings. The quantitative estimate of drug-likeness (QED) is 0.0321. The van der Waals surface area contributed by atoms with Crippen LogP contribution in [0.4, 0.5) is 0 Å². The van der Waals surface area contributed by atoms with Crippen LogP contribution in [0.3, 0.4) is 0 Å². The summed E-state index contributed by atoms with van der Waals surface area (Å²) in [4.78, 5) is 24.5. The van der Waals surface area contributed by atoms with Crippen LogP contribution >= 0.6 is 0 Å². The minimum atomic E-state index is -0.673. The largest absolute Gasteiger partial charge is 0.466 e. The lowest BCUT2D eigenvalue weighted by molar-refractivity contribution is -0.143. The Morgan fingerprint density at radius 1 is 0.452 bits per heavy atom. The predicted octanol–water partition coefficient (Wildman–Crippen LogP) is 16.5. The van der Waals surface area contributed by atoms with Gasteiger partial charge in [-0.25, -0.2) is 0 Å². The summed E-state index contributed by atoms with van der Waals surface area (Å²) >= 11 is 0. The summed E-state index contributed by atoms with van der Waals surface area (Å²) in [5.74, 6) is -0.0625. The number of amides is 1. The summed E-state index contributed by atoms with van der Waals surface area (Å²) in [6.45, 7) is 4.86. The molecule has 2 atom stereocenters. The van der Waals surface area contributed by atoms with Gasteiger partial charge < -0.3 is 20.3 Å². The Balaban J connectivity index is 3.46. The van der Waals surface area contributed by atoms with Crippen molar-refractivity contribution in [3.05, 3.63) is 36.5 Å². The zero-order chi connectivity index (χ0) is 45.1. The molecule has 0 aliphatic heterocycles. The fraction of sp³-hybridized carbons (Fsp3) is 0.857. The van der Waals surface area contributed by atoms with E-state index in [4.69, 9.17) is 4.74 Å². The summed E-state index contributed by atoms with van der Waals surface area (Å²) in [5.41, 5.74) is 0. The first-order valence-electron chi connectivity index (χ1n) is 27.2. The smallest absolute Gasteiger partial charge is 0.305 e. The average molecular weight is 872 g/mol. The second-order valence-corrected chi connectivity index (χ2v) is 18.6. The Kier molecular flexibility index (Phi) is 50.1. The van der Waals surface area contributed by atoms with Gasteiger partial charge in [0.1, 0.15) is 0 Å². The van der Waals surface area contributed by atoms with Gasteiger partial charge in [-0.15, -0.1) is 0 Å². The number of hydrogen-bond acceptors (Lipinski definition) is 5. The molecule has 0 aromatic carbocycles. The molecule has 0 aliphatic carbocycles. The van der Waals surface area contributed by atoms with Gasteiger partial charge in [0.15, 0.2) is 0 Å². The Labute approximate surface area is 385 Å². The fourth-order valence-corrected chi connectivity index (χ4v) is 8.20. The lowest BCUT2D eigenvalue weighted by atomic mass is 10.0. The summed E-state index contributed by atoms with van der Waals surface area (Å²) < 4.78 is 5.45. The topological polar surface area (TPSA) is 95.9 Å². The van der Waals surface area contributed by atoms with E-state index in [1.165, 1.54) is 180 Å². The number of nitrogens with one attached hydrogen (secondary N) is 1. The molecule has 0 saturated heterocycles. The molecule has 0 rings (SSSR count). The number of aliphatic hydroxyl groups excluding tert-OH is 2. The van der Waals surface area contributed by atoms with Crippen molar-refractivity contribution in [2.75, 3.05) is 13.2 Å². The molecule has 364 valence electrons. The van der Waals surface area contributed by atoms with E-state index in [2.05, 4.69) is 55.6 Å². The molecule has 62 heavy (non-hydrogen) atoms. The first-order chi connectivity index (χ1) is 30.5. The summed E-state index contributed by atoms with van der Waals surface area (Å²) in [5, 5.41) is 23.2. The zero-order valence-corrected chi connectivity index (χ0v) is 41.4. The summed E-state index contributed by atoms with van der Waals surface area (Å²) in [7, 11) is 0. The highest BCUT2D eigenvalue weighted by molar-refractivity contribution is 5.76. The van der Waals surface area contributed by atoms with Crippen LogP contribution in [-0.4, -0.2) is 47.4 Å². The molecule has 6 nitrogen and oxygen atoms in total. The van der Waals surface area contributed by atoms with Crippen molar-refractivity contribution in [2.45, 2.75) is 296 Å². The Bertz CT molecular complexity index is 1010. The SMILES string of the molecule is CCC/C=C\C/C=C\CCCCCCCC(=O)OCCCCCCCCCCC/C=C\CCCCCCCC(=O)NC(CO)C(O)CCCCCCCCCCCCCCCC. The molecule has 0 radical (unpaired) electrons. The fourth-order valence-electron chi connectivity index (χ4n) is 8.20. The number of carbonyl (C=O) groups is 2. The maximum Gasteiger partial charge on any atom is 0.305 e. The number of rotatable bonds is 50. The van der Waals surface area contributed by atoms with Crippen LogP contribution < -0.4 is 5.32 Å². The zero-order valence-electron chi connectivity index (χ0n) is 41.4.